The van der Waals surface area contributed by atoms with Crippen molar-refractivity contribution in [2.24, 2.45) is 0 Å². The maximum absolute atomic E-state index is 12.1. The summed E-state index contributed by atoms with van der Waals surface area (Å²) in [7, 11) is -3.20. The van der Waals surface area contributed by atoms with Gasteiger partial charge in [0.25, 0.3) is 5.91 Å². The zero-order chi connectivity index (χ0) is 15.5. The van der Waals surface area contributed by atoms with E-state index in [2.05, 4.69) is 10.6 Å². The molecule has 7 heteroatoms. The number of carbonyl (C=O) groups excluding carboxylic acids is 2. The lowest BCUT2D eigenvalue weighted by Crippen LogP contribution is -2.35. The quantitative estimate of drug-likeness (QED) is 0.870. The van der Waals surface area contributed by atoms with E-state index in [1.54, 1.807) is 31.2 Å². The van der Waals surface area contributed by atoms with Gasteiger partial charge in [-0.3, -0.25) is 9.59 Å². The second-order valence-electron chi connectivity index (χ2n) is 4.72. The fourth-order valence-corrected chi connectivity index (χ4v) is 3.14. The number of carbonyl (C=O) groups is 2. The molecule has 1 aliphatic heterocycles. The SMILES string of the molecule is CCC(=O)Nc1cccc(C(=O)N[C@@H]2C=CS(=O)(=O)C2)c1. The number of hydrogen-bond acceptors (Lipinski definition) is 4. The summed E-state index contributed by atoms with van der Waals surface area (Å²) >= 11 is 0. The highest BCUT2D eigenvalue weighted by Crippen LogP contribution is 2.13. The molecule has 1 heterocycles. The molecule has 1 atom stereocenters. The van der Waals surface area contributed by atoms with Crippen LogP contribution in [0.1, 0.15) is 23.7 Å². The lowest BCUT2D eigenvalue weighted by atomic mass is 10.1. The van der Waals surface area contributed by atoms with E-state index in [0.717, 1.165) is 5.41 Å². The van der Waals surface area contributed by atoms with Crippen molar-refractivity contribution in [3.8, 4) is 0 Å². The zero-order valence-electron chi connectivity index (χ0n) is 11.5. The number of rotatable bonds is 4. The number of hydrogen-bond donors (Lipinski definition) is 2. The van der Waals surface area contributed by atoms with Gasteiger partial charge in [-0.1, -0.05) is 13.0 Å². The molecule has 1 aliphatic rings. The number of benzene rings is 1. The Labute approximate surface area is 123 Å². The summed E-state index contributed by atoms with van der Waals surface area (Å²) in [6.07, 6.45) is 1.80. The van der Waals surface area contributed by atoms with Crippen LogP contribution in [0.2, 0.25) is 0 Å². The molecule has 2 amide bonds. The Morgan fingerprint density at radius 3 is 2.71 bits per heavy atom. The first-order chi connectivity index (χ1) is 9.89. The minimum Gasteiger partial charge on any atom is -0.345 e. The molecule has 1 aromatic rings. The van der Waals surface area contributed by atoms with Gasteiger partial charge < -0.3 is 10.6 Å². The van der Waals surface area contributed by atoms with Crippen LogP contribution in [0, 0.1) is 0 Å². The van der Waals surface area contributed by atoms with E-state index in [4.69, 9.17) is 0 Å². The number of anilines is 1. The van der Waals surface area contributed by atoms with Crippen LogP contribution in [0.5, 0.6) is 0 Å². The van der Waals surface area contributed by atoms with E-state index in [1.165, 1.54) is 6.08 Å². The largest absolute Gasteiger partial charge is 0.345 e. The monoisotopic (exact) mass is 308 g/mol. The van der Waals surface area contributed by atoms with E-state index in [-0.39, 0.29) is 17.6 Å². The molecule has 0 saturated carbocycles. The molecule has 2 N–H and O–H groups in total. The molecule has 0 unspecified atom stereocenters. The normalized spacial score (nSPS) is 19.2. The molecular formula is C14H16N2O4S. The first kappa shape index (κ1) is 15.2. The van der Waals surface area contributed by atoms with Crippen molar-refractivity contribution in [1.29, 1.82) is 0 Å². The highest BCUT2D eigenvalue weighted by atomic mass is 32.2. The summed E-state index contributed by atoms with van der Waals surface area (Å²) in [5, 5.41) is 6.40. The Hall–Kier alpha value is -2.15. The van der Waals surface area contributed by atoms with Crippen molar-refractivity contribution in [2.45, 2.75) is 19.4 Å². The second kappa shape index (κ2) is 6.09. The molecule has 0 fully saturated rings. The average molecular weight is 308 g/mol. The molecule has 0 aliphatic carbocycles. The van der Waals surface area contributed by atoms with Crippen LogP contribution in [-0.2, 0) is 14.6 Å². The lowest BCUT2D eigenvalue weighted by molar-refractivity contribution is -0.115. The van der Waals surface area contributed by atoms with Crippen LogP contribution in [0.15, 0.2) is 35.7 Å². The van der Waals surface area contributed by atoms with Crippen molar-refractivity contribution in [3.05, 3.63) is 41.3 Å². The van der Waals surface area contributed by atoms with Gasteiger partial charge in [-0.15, -0.1) is 0 Å². The third kappa shape index (κ3) is 4.16. The maximum atomic E-state index is 12.1. The third-order valence-electron chi connectivity index (χ3n) is 2.98. The smallest absolute Gasteiger partial charge is 0.251 e. The highest BCUT2D eigenvalue weighted by Gasteiger charge is 2.23. The first-order valence-corrected chi connectivity index (χ1v) is 8.23. The van der Waals surface area contributed by atoms with Gasteiger partial charge in [-0.25, -0.2) is 8.42 Å². The molecule has 6 nitrogen and oxygen atoms in total. The van der Waals surface area contributed by atoms with E-state index in [9.17, 15) is 18.0 Å². The molecular weight excluding hydrogens is 292 g/mol. The number of nitrogens with one attached hydrogen (secondary N) is 2. The lowest BCUT2D eigenvalue weighted by Gasteiger charge is -2.11. The fraction of sp³-hybridized carbons (Fsp3) is 0.286. The Balaban J connectivity index is 2.04. The van der Waals surface area contributed by atoms with Crippen LogP contribution in [-0.4, -0.2) is 32.0 Å². The van der Waals surface area contributed by atoms with Gasteiger partial charge in [0.05, 0.1) is 11.8 Å². The van der Waals surface area contributed by atoms with Gasteiger partial charge in [0.15, 0.2) is 9.84 Å². The molecule has 2 rings (SSSR count). The molecule has 21 heavy (non-hydrogen) atoms. The van der Waals surface area contributed by atoms with Gasteiger partial charge in [0.1, 0.15) is 0 Å². The van der Waals surface area contributed by atoms with Crippen molar-refractivity contribution in [1.82, 2.24) is 5.32 Å². The number of sulfone groups is 1. The Morgan fingerprint density at radius 2 is 2.10 bits per heavy atom. The standard InChI is InChI=1S/C14H16N2O4S/c1-2-13(17)15-11-5-3-4-10(8-11)14(18)16-12-6-7-21(19,20)9-12/h3-8,12H,2,9H2,1H3,(H,15,17)(H,16,18)/t12-/m1/s1. The van der Waals surface area contributed by atoms with Crippen LogP contribution in [0.4, 0.5) is 5.69 Å². The van der Waals surface area contributed by atoms with Gasteiger partial charge in [-0.2, -0.15) is 0 Å². The van der Waals surface area contributed by atoms with Crippen LogP contribution < -0.4 is 10.6 Å². The van der Waals surface area contributed by atoms with Crippen molar-refractivity contribution in [2.75, 3.05) is 11.1 Å². The fourth-order valence-electron chi connectivity index (χ4n) is 1.90. The molecule has 0 aromatic heterocycles. The minimum atomic E-state index is -3.20. The topological polar surface area (TPSA) is 92.3 Å². The summed E-state index contributed by atoms with van der Waals surface area (Å²) in [5.74, 6) is -0.642. The van der Waals surface area contributed by atoms with Crippen molar-refractivity contribution < 1.29 is 18.0 Å². The predicted molar refractivity (Wildman–Crippen MR) is 79.5 cm³/mol. The maximum Gasteiger partial charge on any atom is 0.251 e. The Kier molecular flexibility index (Phi) is 4.42. The molecule has 0 bridgehead atoms. The van der Waals surface area contributed by atoms with E-state index in [1.807, 2.05) is 0 Å². The van der Waals surface area contributed by atoms with Crippen LogP contribution >= 0.6 is 0 Å². The first-order valence-electron chi connectivity index (χ1n) is 6.51. The summed E-state index contributed by atoms with van der Waals surface area (Å²) in [4.78, 5) is 23.4. The Morgan fingerprint density at radius 1 is 1.33 bits per heavy atom. The van der Waals surface area contributed by atoms with Gasteiger partial charge >= 0.3 is 0 Å². The van der Waals surface area contributed by atoms with Crippen molar-refractivity contribution in [3.63, 3.8) is 0 Å². The molecule has 0 spiro atoms. The van der Waals surface area contributed by atoms with Crippen molar-refractivity contribution >= 4 is 27.3 Å². The summed E-state index contributed by atoms with van der Waals surface area (Å²) in [6.45, 7) is 1.73. The average Bonchev–Trinajstić information content (AvgIpc) is 2.78. The summed E-state index contributed by atoms with van der Waals surface area (Å²) < 4.78 is 22.6. The van der Waals surface area contributed by atoms with Crippen LogP contribution in [0.3, 0.4) is 0 Å². The van der Waals surface area contributed by atoms with E-state index < -0.39 is 15.9 Å². The molecule has 0 radical (unpaired) electrons. The van der Waals surface area contributed by atoms with E-state index in [0.29, 0.717) is 17.7 Å². The van der Waals surface area contributed by atoms with Gasteiger partial charge in [0, 0.05) is 23.1 Å². The Bertz CT molecular complexity index is 695. The molecule has 0 saturated heterocycles. The van der Waals surface area contributed by atoms with Gasteiger partial charge in [0.2, 0.25) is 5.91 Å². The molecule has 1 aromatic carbocycles. The predicted octanol–water partition coefficient (Wildman–Crippen LogP) is 1.08. The van der Waals surface area contributed by atoms with Gasteiger partial charge in [-0.05, 0) is 24.3 Å². The minimum absolute atomic E-state index is 0.120. The zero-order valence-corrected chi connectivity index (χ0v) is 12.3. The summed E-state index contributed by atoms with van der Waals surface area (Å²) in [5.41, 5.74) is 0.894. The third-order valence-corrected chi connectivity index (χ3v) is 4.37. The highest BCUT2D eigenvalue weighted by molar-refractivity contribution is 7.94. The molecule has 112 valence electrons. The summed E-state index contributed by atoms with van der Waals surface area (Å²) in [6, 6.07) is 5.97. The van der Waals surface area contributed by atoms with E-state index >= 15 is 0 Å². The van der Waals surface area contributed by atoms with Crippen LogP contribution in [0.25, 0.3) is 0 Å². The second-order valence-corrected chi connectivity index (χ2v) is 6.65. The number of amides is 2.